The fraction of sp³-hybridized carbons (Fsp3) is 0.750. The van der Waals surface area contributed by atoms with Crippen LogP contribution in [0.4, 0.5) is 0 Å². The lowest BCUT2D eigenvalue weighted by Gasteiger charge is -2.43. The molecule has 0 aromatic carbocycles. The minimum absolute atomic E-state index is 0.138. The molecule has 17 heavy (non-hydrogen) atoms. The van der Waals surface area contributed by atoms with Gasteiger partial charge in [0, 0.05) is 26.1 Å². The molecule has 0 radical (unpaired) electrons. The summed E-state index contributed by atoms with van der Waals surface area (Å²) >= 11 is 0. The van der Waals surface area contributed by atoms with E-state index in [2.05, 4.69) is 24.3 Å². The molecule has 1 aromatic heterocycles. The molecule has 1 saturated carbocycles. The Morgan fingerprint density at radius 2 is 2.35 bits per heavy atom. The highest BCUT2D eigenvalue weighted by Crippen LogP contribution is 2.28. The molecular formula is C12H21N3O2. The zero-order chi connectivity index (χ0) is 12.3. The van der Waals surface area contributed by atoms with E-state index >= 15 is 0 Å². The van der Waals surface area contributed by atoms with Crippen molar-refractivity contribution in [2.24, 2.45) is 0 Å². The summed E-state index contributed by atoms with van der Waals surface area (Å²) in [7, 11) is 1.74. The first-order valence-electron chi connectivity index (χ1n) is 6.23. The van der Waals surface area contributed by atoms with Gasteiger partial charge in [0.15, 0.2) is 5.75 Å². The van der Waals surface area contributed by atoms with Crippen molar-refractivity contribution in [1.29, 1.82) is 0 Å². The van der Waals surface area contributed by atoms with Crippen molar-refractivity contribution in [3.8, 4) is 5.75 Å². The average Bonchev–Trinajstić information content (AvgIpc) is 2.76. The maximum absolute atomic E-state index is 5.86. The van der Waals surface area contributed by atoms with E-state index in [0.717, 1.165) is 25.3 Å². The number of ether oxygens (including phenoxy) is 2. The Hall–Kier alpha value is -1.07. The second-order valence-corrected chi connectivity index (χ2v) is 4.29. The Kier molecular flexibility index (Phi) is 4.02. The van der Waals surface area contributed by atoms with E-state index < -0.39 is 0 Å². The van der Waals surface area contributed by atoms with E-state index in [1.807, 2.05) is 10.9 Å². The SMILES string of the molecule is CCNC1CC(Oc2cnn(CC)c2)C1OC. The van der Waals surface area contributed by atoms with Gasteiger partial charge >= 0.3 is 0 Å². The highest BCUT2D eigenvalue weighted by Gasteiger charge is 2.42. The van der Waals surface area contributed by atoms with Crippen LogP contribution in [0.5, 0.6) is 5.75 Å². The van der Waals surface area contributed by atoms with Crippen LogP contribution < -0.4 is 10.1 Å². The monoisotopic (exact) mass is 239 g/mol. The fourth-order valence-corrected chi connectivity index (χ4v) is 2.23. The van der Waals surface area contributed by atoms with Gasteiger partial charge in [0.1, 0.15) is 12.2 Å². The normalized spacial score (nSPS) is 27.8. The summed E-state index contributed by atoms with van der Waals surface area (Å²) in [6, 6.07) is 0.413. The van der Waals surface area contributed by atoms with Crippen molar-refractivity contribution in [2.45, 2.75) is 45.1 Å². The molecule has 1 aliphatic carbocycles. The minimum atomic E-state index is 0.138. The van der Waals surface area contributed by atoms with Crippen LogP contribution >= 0.6 is 0 Å². The Morgan fingerprint density at radius 3 is 2.94 bits per heavy atom. The minimum Gasteiger partial charge on any atom is -0.484 e. The van der Waals surface area contributed by atoms with E-state index in [-0.39, 0.29) is 12.2 Å². The van der Waals surface area contributed by atoms with Crippen LogP contribution in [-0.2, 0) is 11.3 Å². The van der Waals surface area contributed by atoms with Gasteiger partial charge in [0.2, 0.25) is 0 Å². The largest absolute Gasteiger partial charge is 0.484 e. The molecule has 0 spiro atoms. The molecule has 0 aliphatic heterocycles. The molecule has 5 heteroatoms. The average molecular weight is 239 g/mol. The highest BCUT2D eigenvalue weighted by atomic mass is 16.5. The molecule has 3 atom stereocenters. The Morgan fingerprint density at radius 1 is 1.53 bits per heavy atom. The molecule has 3 unspecified atom stereocenters. The van der Waals surface area contributed by atoms with Gasteiger partial charge in [-0.3, -0.25) is 4.68 Å². The summed E-state index contributed by atoms with van der Waals surface area (Å²) in [5, 5.41) is 7.58. The molecule has 0 bridgehead atoms. The number of methoxy groups -OCH3 is 1. The predicted molar refractivity (Wildman–Crippen MR) is 65.2 cm³/mol. The predicted octanol–water partition coefficient (Wildman–Crippen LogP) is 1.05. The molecule has 0 amide bonds. The molecule has 1 N–H and O–H groups in total. The van der Waals surface area contributed by atoms with Gasteiger partial charge in [0.05, 0.1) is 12.4 Å². The molecule has 5 nitrogen and oxygen atoms in total. The summed E-state index contributed by atoms with van der Waals surface area (Å²) in [5.41, 5.74) is 0. The van der Waals surface area contributed by atoms with Gasteiger partial charge in [-0.1, -0.05) is 6.92 Å². The van der Waals surface area contributed by atoms with Crippen molar-refractivity contribution in [3.63, 3.8) is 0 Å². The van der Waals surface area contributed by atoms with E-state index in [4.69, 9.17) is 9.47 Å². The van der Waals surface area contributed by atoms with Gasteiger partial charge in [-0.05, 0) is 13.5 Å². The van der Waals surface area contributed by atoms with Gasteiger partial charge in [-0.2, -0.15) is 5.10 Å². The number of hydrogen-bond acceptors (Lipinski definition) is 4. The summed E-state index contributed by atoms with van der Waals surface area (Å²) in [6.45, 7) is 5.98. The third kappa shape index (κ3) is 2.61. The van der Waals surface area contributed by atoms with Gasteiger partial charge < -0.3 is 14.8 Å². The second kappa shape index (κ2) is 5.51. The summed E-state index contributed by atoms with van der Waals surface area (Å²) < 4.78 is 13.2. The van der Waals surface area contributed by atoms with E-state index in [1.54, 1.807) is 13.3 Å². The van der Waals surface area contributed by atoms with Crippen molar-refractivity contribution >= 4 is 0 Å². The number of nitrogens with zero attached hydrogens (tertiary/aromatic N) is 2. The van der Waals surface area contributed by atoms with Gasteiger partial charge in [0.25, 0.3) is 0 Å². The topological polar surface area (TPSA) is 48.3 Å². The maximum Gasteiger partial charge on any atom is 0.157 e. The van der Waals surface area contributed by atoms with E-state index in [1.165, 1.54) is 0 Å². The van der Waals surface area contributed by atoms with Crippen LogP contribution in [0.3, 0.4) is 0 Å². The molecule has 1 fully saturated rings. The number of rotatable bonds is 6. The van der Waals surface area contributed by atoms with Crippen LogP contribution in [0.1, 0.15) is 20.3 Å². The first kappa shape index (κ1) is 12.4. The number of likely N-dealkylation sites (N-methyl/N-ethyl adjacent to an activating group) is 1. The van der Waals surface area contributed by atoms with Crippen LogP contribution in [0.25, 0.3) is 0 Å². The molecule has 1 aromatic rings. The third-order valence-electron chi connectivity index (χ3n) is 3.21. The van der Waals surface area contributed by atoms with Crippen molar-refractivity contribution in [2.75, 3.05) is 13.7 Å². The smallest absolute Gasteiger partial charge is 0.157 e. The van der Waals surface area contributed by atoms with Crippen LogP contribution in [-0.4, -0.2) is 41.7 Å². The van der Waals surface area contributed by atoms with E-state index in [9.17, 15) is 0 Å². The number of hydrogen-bond donors (Lipinski definition) is 1. The molecule has 1 aliphatic rings. The summed E-state index contributed by atoms with van der Waals surface area (Å²) in [6.07, 6.45) is 4.95. The zero-order valence-corrected chi connectivity index (χ0v) is 10.7. The lowest BCUT2D eigenvalue weighted by Crippen LogP contribution is -2.60. The second-order valence-electron chi connectivity index (χ2n) is 4.29. The molecule has 1 heterocycles. The van der Waals surface area contributed by atoms with Crippen molar-refractivity contribution in [3.05, 3.63) is 12.4 Å². The van der Waals surface area contributed by atoms with Gasteiger partial charge in [-0.25, -0.2) is 0 Å². The molecule has 2 rings (SSSR count). The lowest BCUT2D eigenvalue weighted by molar-refractivity contribution is -0.0884. The number of nitrogens with one attached hydrogen (secondary N) is 1. The molecule has 0 saturated heterocycles. The quantitative estimate of drug-likeness (QED) is 0.806. The Balaban J connectivity index is 1.87. The molecule has 96 valence electrons. The number of aryl methyl sites for hydroxylation is 1. The van der Waals surface area contributed by atoms with Gasteiger partial charge in [-0.15, -0.1) is 0 Å². The first-order valence-corrected chi connectivity index (χ1v) is 6.23. The lowest BCUT2D eigenvalue weighted by atomic mass is 9.85. The van der Waals surface area contributed by atoms with E-state index in [0.29, 0.717) is 6.04 Å². The first-order chi connectivity index (χ1) is 8.28. The van der Waals surface area contributed by atoms with Crippen LogP contribution in [0.2, 0.25) is 0 Å². The zero-order valence-electron chi connectivity index (χ0n) is 10.7. The Bertz CT molecular complexity index is 353. The third-order valence-corrected chi connectivity index (χ3v) is 3.21. The van der Waals surface area contributed by atoms with Crippen molar-refractivity contribution in [1.82, 2.24) is 15.1 Å². The fourth-order valence-electron chi connectivity index (χ4n) is 2.23. The van der Waals surface area contributed by atoms with Crippen LogP contribution in [0, 0.1) is 0 Å². The standard InChI is InChI=1S/C12H21N3O2/c1-4-13-10-6-11(12(10)16-3)17-9-7-14-15(5-2)8-9/h7-8,10-13H,4-6H2,1-3H3. The highest BCUT2D eigenvalue weighted by molar-refractivity contribution is 5.14. The van der Waals surface area contributed by atoms with Crippen LogP contribution in [0.15, 0.2) is 12.4 Å². The summed E-state index contributed by atoms with van der Waals surface area (Å²) in [4.78, 5) is 0. The maximum atomic E-state index is 5.86. The number of aromatic nitrogens is 2. The Labute approximate surface area is 102 Å². The van der Waals surface area contributed by atoms with Crippen molar-refractivity contribution < 1.29 is 9.47 Å². The molecular weight excluding hydrogens is 218 g/mol. The summed E-state index contributed by atoms with van der Waals surface area (Å²) in [5.74, 6) is 0.828.